The molecule has 0 saturated carbocycles. The minimum atomic E-state index is -6.13. The van der Waals surface area contributed by atoms with Gasteiger partial charge >= 0.3 is 49.4 Å². The van der Waals surface area contributed by atoms with Crippen LogP contribution in [0.25, 0.3) is 6.08 Å². The number of alkyl halides is 24. The van der Waals surface area contributed by atoms with Gasteiger partial charge in [-0.1, -0.05) is 115 Å². The Balaban J connectivity index is 0.000000336. The Morgan fingerprint density at radius 3 is 1.00 bits per heavy atom. The number of hydrogen-bond acceptors (Lipinski definition) is 1. The first kappa shape index (κ1) is 59.2. The van der Waals surface area contributed by atoms with Crippen LogP contribution in [-0.2, 0) is 56.0 Å². The van der Waals surface area contributed by atoms with Crippen molar-refractivity contribution in [1.82, 2.24) is 4.98 Å². The molecule has 0 fully saturated rings. The second-order valence-electron chi connectivity index (χ2n) is 17.8. The van der Waals surface area contributed by atoms with Crippen LogP contribution < -0.4 is 26.4 Å². The van der Waals surface area contributed by atoms with Gasteiger partial charge in [0.25, 0.3) is 0 Å². The quantitative estimate of drug-likeness (QED) is 0.0883. The standard InChI is InChI=1S/C32H12BF24.C20H17N2/c34-25(35,36)13-1-14(26(37,38)39)6-21(5-13)33(22-7-15(27(40,41)42)2-16(8-22)28(43,44)45,23-9-17(29(46,47)48)3-18(10-23)30(49,50)51)24-11-19(31(52,53)54)4-20(12-24)32(55,56)57;1-2-6-16(7-3-1)14-22-13-12-21-20(15-22)19-11-10-17-8-4-5-9-18(17)19/h1-12H;1-13,15,19H,14H2/q-1;+1. The zero-order valence-electron chi connectivity index (χ0n) is 38.8. The van der Waals surface area contributed by atoms with Gasteiger partial charge < -0.3 is 0 Å². The van der Waals surface area contributed by atoms with E-state index in [0.717, 1.165) is 12.2 Å². The normalized spacial score (nSPS) is 14.7. The Kier molecular flexibility index (Phi) is 15.5. The van der Waals surface area contributed by atoms with Gasteiger partial charge in [-0.25, -0.2) is 4.98 Å². The third-order valence-corrected chi connectivity index (χ3v) is 12.5. The maximum absolute atomic E-state index is 14.2. The lowest BCUT2D eigenvalue weighted by molar-refractivity contribution is -0.689. The molecule has 0 amide bonds. The molecule has 0 saturated heterocycles. The van der Waals surface area contributed by atoms with E-state index >= 15 is 0 Å². The number of aromatic nitrogens is 2. The second kappa shape index (κ2) is 20.6. The number of fused-ring (bicyclic) bond motifs is 1. The Morgan fingerprint density at radius 2 is 0.684 bits per heavy atom. The maximum Gasteiger partial charge on any atom is 0.416 e. The molecule has 0 N–H and O–H groups in total. The first-order valence-electron chi connectivity index (χ1n) is 22.2. The lowest BCUT2D eigenvalue weighted by atomic mass is 9.12. The molecule has 418 valence electrons. The van der Waals surface area contributed by atoms with E-state index in [0.29, 0.717) is 0 Å². The second-order valence-corrected chi connectivity index (χ2v) is 17.8. The van der Waals surface area contributed by atoms with E-state index in [1.807, 2.05) is 18.5 Å². The van der Waals surface area contributed by atoms with Crippen LogP contribution in [0.3, 0.4) is 0 Å². The average Bonchev–Trinajstić information content (AvgIpc) is 3.97. The predicted molar refractivity (Wildman–Crippen MR) is 237 cm³/mol. The van der Waals surface area contributed by atoms with Crippen LogP contribution in [-0.4, -0.2) is 11.1 Å². The zero-order chi connectivity index (χ0) is 58.7. The van der Waals surface area contributed by atoms with Gasteiger partial charge in [0.2, 0.25) is 0 Å². The highest BCUT2D eigenvalue weighted by Crippen LogP contribution is 2.42. The van der Waals surface area contributed by atoms with Gasteiger partial charge in [0, 0.05) is 5.56 Å². The molecule has 6 aromatic carbocycles. The van der Waals surface area contributed by atoms with E-state index in [9.17, 15) is 105 Å². The lowest BCUT2D eigenvalue weighted by Crippen LogP contribution is -2.75. The van der Waals surface area contributed by atoms with Crippen molar-refractivity contribution in [2.24, 2.45) is 0 Å². The maximum atomic E-state index is 14.2. The van der Waals surface area contributed by atoms with Crippen molar-refractivity contribution in [3.05, 3.63) is 219 Å². The Labute approximate surface area is 429 Å². The molecule has 27 heteroatoms. The number of halogens is 24. The minimum Gasteiger partial charge on any atom is -0.248 e. The molecule has 8 rings (SSSR count). The molecule has 0 spiro atoms. The molecule has 0 aliphatic heterocycles. The molecule has 1 heterocycles. The number of allylic oxidation sites excluding steroid dienone is 1. The summed E-state index contributed by atoms with van der Waals surface area (Å²) in [6, 6.07) is 10.2. The smallest absolute Gasteiger partial charge is 0.248 e. The topological polar surface area (TPSA) is 16.8 Å². The van der Waals surface area contributed by atoms with Gasteiger partial charge in [-0.2, -0.15) is 132 Å². The van der Waals surface area contributed by atoms with Gasteiger partial charge in [-0.15, -0.1) is 0 Å². The van der Waals surface area contributed by atoms with Crippen molar-refractivity contribution in [1.29, 1.82) is 0 Å². The number of benzene rings is 6. The van der Waals surface area contributed by atoms with Crippen molar-refractivity contribution in [3.8, 4) is 0 Å². The Hall–Kier alpha value is -7.48. The highest BCUT2D eigenvalue weighted by Gasteiger charge is 2.47. The first-order valence-corrected chi connectivity index (χ1v) is 22.2. The van der Waals surface area contributed by atoms with Crippen LogP contribution in [0.15, 0.2) is 152 Å². The Morgan fingerprint density at radius 1 is 0.380 bits per heavy atom. The third-order valence-electron chi connectivity index (χ3n) is 12.5. The van der Waals surface area contributed by atoms with Gasteiger partial charge in [0.1, 0.15) is 11.8 Å². The molecule has 1 unspecified atom stereocenters. The zero-order valence-corrected chi connectivity index (χ0v) is 38.8. The van der Waals surface area contributed by atoms with Gasteiger partial charge in [-0.05, 0) is 35.4 Å². The van der Waals surface area contributed by atoms with Crippen LogP contribution >= 0.6 is 0 Å². The summed E-state index contributed by atoms with van der Waals surface area (Å²) in [5.41, 5.74) is -25.2. The van der Waals surface area contributed by atoms with Crippen LogP contribution in [0.5, 0.6) is 0 Å². The number of rotatable bonds is 7. The summed E-state index contributed by atoms with van der Waals surface area (Å²) >= 11 is 0. The summed E-state index contributed by atoms with van der Waals surface area (Å²) in [6.45, 7) is 0.869. The molecule has 0 bridgehead atoms. The molecule has 1 aliphatic rings. The summed E-state index contributed by atoms with van der Waals surface area (Å²) in [6.07, 6.45) is -44.3. The SMILES string of the molecule is C1=CC(c2c[n+](Cc3ccccc3)ccn2)c2ccccc21.FC(F)(F)c1cc([B-](c2cc(C(F)(F)F)cc(C(F)(F)F)c2)(c2cc(C(F)(F)F)cc(C(F)(F)F)c2)c2cc(C(F)(F)F)cc(C(F)(F)F)c2)cc(C(F)(F)F)c1. The largest absolute Gasteiger partial charge is 0.416 e. The minimum absolute atomic E-state index is 0.263. The molecule has 1 atom stereocenters. The third kappa shape index (κ3) is 13.2. The van der Waals surface area contributed by atoms with Crippen LogP contribution in [0.1, 0.15) is 72.8 Å². The Bertz CT molecular complexity index is 2940. The van der Waals surface area contributed by atoms with Crippen LogP contribution in [0.4, 0.5) is 105 Å². The summed E-state index contributed by atoms with van der Waals surface area (Å²) < 4.78 is 343. The van der Waals surface area contributed by atoms with Gasteiger partial charge in [0.05, 0.1) is 56.6 Å². The highest BCUT2D eigenvalue weighted by molar-refractivity contribution is 7.20. The fourth-order valence-electron chi connectivity index (χ4n) is 9.08. The van der Waals surface area contributed by atoms with E-state index in [-0.39, 0.29) is 5.92 Å². The first-order chi connectivity index (χ1) is 36.2. The molecule has 1 aromatic heterocycles. The summed E-state index contributed by atoms with van der Waals surface area (Å²) in [5.74, 6) is 0.263. The van der Waals surface area contributed by atoms with E-state index in [1.165, 1.54) is 16.7 Å². The highest BCUT2D eigenvalue weighted by atomic mass is 19.4. The molecule has 79 heavy (non-hydrogen) atoms. The summed E-state index contributed by atoms with van der Waals surface area (Å²) in [4.78, 5) is 4.59. The lowest BCUT2D eigenvalue weighted by Gasteiger charge is -2.46. The molecule has 7 aromatic rings. The van der Waals surface area contributed by atoms with Crippen molar-refractivity contribution in [2.75, 3.05) is 0 Å². The number of nitrogens with zero attached hydrogens (tertiary/aromatic N) is 2. The van der Waals surface area contributed by atoms with Crippen molar-refractivity contribution in [3.63, 3.8) is 0 Å². The van der Waals surface area contributed by atoms with Crippen LogP contribution in [0.2, 0.25) is 0 Å². The molecule has 1 aliphatic carbocycles. The predicted octanol–water partition coefficient (Wildman–Crippen LogP) is 14.8. The van der Waals surface area contributed by atoms with Gasteiger partial charge in [-0.3, -0.25) is 0 Å². The molecular weight excluding hydrogens is 1120 g/mol. The summed E-state index contributed by atoms with van der Waals surface area (Å²) in [7, 11) is 0. The fraction of sp³-hybridized carbons (Fsp3) is 0.192. The van der Waals surface area contributed by atoms with E-state index < -0.39 is 195 Å². The van der Waals surface area contributed by atoms with E-state index in [4.69, 9.17) is 0 Å². The number of hydrogen-bond donors (Lipinski definition) is 0. The summed E-state index contributed by atoms with van der Waals surface area (Å²) in [5, 5.41) is 0. The average molecular weight is 1150 g/mol. The molecule has 0 radical (unpaired) electrons. The van der Waals surface area contributed by atoms with E-state index in [1.54, 1.807) is 0 Å². The monoisotopic (exact) mass is 1150 g/mol. The molecular formula is C52H29BF24N2. The molecule has 2 nitrogen and oxygen atoms in total. The van der Waals surface area contributed by atoms with E-state index in [2.05, 4.69) is 76.4 Å². The van der Waals surface area contributed by atoms with Gasteiger partial charge in [0.15, 0.2) is 18.9 Å². The van der Waals surface area contributed by atoms with Crippen molar-refractivity contribution >= 4 is 34.1 Å². The van der Waals surface area contributed by atoms with Crippen molar-refractivity contribution < 1.29 is 110 Å². The fourth-order valence-corrected chi connectivity index (χ4v) is 9.08. The van der Waals surface area contributed by atoms with Crippen molar-refractivity contribution in [2.45, 2.75) is 61.9 Å². The van der Waals surface area contributed by atoms with Crippen LogP contribution in [0, 0.1) is 0 Å².